The summed E-state index contributed by atoms with van der Waals surface area (Å²) in [4.78, 5) is 26.5. The second-order valence-corrected chi connectivity index (χ2v) is 7.81. The second-order valence-electron chi connectivity index (χ2n) is 6.97. The maximum absolute atomic E-state index is 12.6. The summed E-state index contributed by atoms with van der Waals surface area (Å²) in [6.07, 6.45) is 0. The molecule has 1 N–H and O–H groups in total. The van der Waals surface area contributed by atoms with E-state index < -0.39 is 0 Å². The molecule has 4 rings (SSSR count). The summed E-state index contributed by atoms with van der Waals surface area (Å²) in [5, 5.41) is 3.64. The molecule has 30 heavy (non-hydrogen) atoms. The molecule has 3 aromatic carbocycles. The van der Waals surface area contributed by atoms with Gasteiger partial charge in [0.15, 0.2) is 6.61 Å². The second kappa shape index (κ2) is 8.38. The Morgan fingerprint density at radius 3 is 2.53 bits per heavy atom. The Morgan fingerprint density at radius 1 is 1.10 bits per heavy atom. The molecular weight excluding hydrogens is 423 g/mol. The zero-order valence-electron chi connectivity index (χ0n) is 16.1. The first-order valence-electron chi connectivity index (χ1n) is 9.30. The van der Waals surface area contributed by atoms with E-state index in [1.165, 1.54) is 0 Å². The van der Waals surface area contributed by atoms with Gasteiger partial charge in [-0.25, -0.2) is 0 Å². The van der Waals surface area contributed by atoms with Crippen molar-refractivity contribution in [2.75, 3.05) is 16.8 Å². The highest BCUT2D eigenvalue weighted by Gasteiger charge is 2.27. The molecular formula is C23H18Cl2N2O3. The molecule has 1 heterocycles. The smallest absolute Gasteiger partial charge is 0.262 e. The average Bonchev–Trinajstić information content (AvgIpc) is 3.05. The molecule has 0 saturated heterocycles. The number of amides is 2. The fourth-order valence-corrected chi connectivity index (χ4v) is 4.04. The van der Waals surface area contributed by atoms with Crippen LogP contribution in [0.5, 0.6) is 5.75 Å². The molecule has 0 atom stereocenters. The van der Waals surface area contributed by atoms with Gasteiger partial charge in [-0.2, -0.15) is 0 Å². The van der Waals surface area contributed by atoms with Crippen LogP contribution in [0.25, 0.3) is 0 Å². The largest absolute Gasteiger partial charge is 0.482 e. The lowest BCUT2D eigenvalue weighted by atomic mass is 10.1. The van der Waals surface area contributed by atoms with Gasteiger partial charge in [0, 0.05) is 22.0 Å². The first kappa shape index (κ1) is 20.3. The van der Waals surface area contributed by atoms with E-state index in [1.807, 2.05) is 31.2 Å². The van der Waals surface area contributed by atoms with Crippen LogP contribution < -0.4 is 15.0 Å². The molecule has 0 aromatic heterocycles. The molecule has 5 nitrogen and oxygen atoms in total. The topological polar surface area (TPSA) is 58.6 Å². The molecule has 0 bridgehead atoms. The van der Waals surface area contributed by atoms with Crippen molar-refractivity contribution in [3.8, 4) is 5.75 Å². The third kappa shape index (κ3) is 4.13. The van der Waals surface area contributed by atoms with Crippen LogP contribution in [0.2, 0.25) is 10.0 Å². The highest BCUT2D eigenvalue weighted by atomic mass is 35.5. The fraction of sp³-hybridized carbons (Fsp3) is 0.130. The van der Waals surface area contributed by atoms with Gasteiger partial charge < -0.3 is 15.0 Å². The molecule has 152 valence electrons. The summed E-state index contributed by atoms with van der Waals surface area (Å²) in [6, 6.07) is 18.0. The maximum atomic E-state index is 12.6. The predicted molar refractivity (Wildman–Crippen MR) is 119 cm³/mol. The summed E-state index contributed by atoms with van der Waals surface area (Å²) in [5.74, 6) is 0.0856. The van der Waals surface area contributed by atoms with Crippen LogP contribution in [0.1, 0.15) is 21.5 Å². The molecule has 7 heteroatoms. The van der Waals surface area contributed by atoms with Crippen molar-refractivity contribution < 1.29 is 14.3 Å². The van der Waals surface area contributed by atoms with Crippen LogP contribution in [-0.4, -0.2) is 18.4 Å². The molecule has 1 aliphatic heterocycles. The summed E-state index contributed by atoms with van der Waals surface area (Å²) in [6.45, 7) is 2.15. The quantitative estimate of drug-likeness (QED) is 0.571. The van der Waals surface area contributed by atoms with Gasteiger partial charge in [-0.15, -0.1) is 0 Å². The van der Waals surface area contributed by atoms with E-state index in [0.717, 1.165) is 22.4 Å². The van der Waals surface area contributed by atoms with E-state index in [0.29, 0.717) is 28.0 Å². The van der Waals surface area contributed by atoms with Crippen molar-refractivity contribution in [2.24, 2.45) is 0 Å². The van der Waals surface area contributed by atoms with Crippen molar-refractivity contribution in [3.63, 3.8) is 0 Å². The minimum absolute atomic E-state index is 0.0222. The number of anilines is 2. The lowest BCUT2D eigenvalue weighted by Crippen LogP contribution is -2.23. The van der Waals surface area contributed by atoms with Crippen molar-refractivity contribution in [1.29, 1.82) is 0 Å². The Bertz CT molecular complexity index is 1110. The number of ether oxygens (including phenoxy) is 1. The van der Waals surface area contributed by atoms with Crippen molar-refractivity contribution in [1.82, 2.24) is 0 Å². The number of nitrogens with zero attached hydrogens (tertiary/aromatic N) is 1. The minimum atomic E-state index is -0.321. The number of rotatable bonds is 5. The lowest BCUT2D eigenvalue weighted by molar-refractivity contribution is -0.118. The number of fused-ring (bicyclic) bond motifs is 1. The molecule has 1 aliphatic rings. The number of halogens is 2. The third-order valence-electron chi connectivity index (χ3n) is 4.83. The number of hydrogen-bond donors (Lipinski definition) is 1. The maximum Gasteiger partial charge on any atom is 0.262 e. The SMILES string of the molecule is Cc1cc(Cl)cc(Cl)c1OCC(=O)Nc1ccc(N2Cc3ccccc3C2=O)cc1. The van der Waals surface area contributed by atoms with Crippen molar-refractivity contribution in [3.05, 3.63) is 87.4 Å². The summed E-state index contributed by atoms with van der Waals surface area (Å²) in [5.41, 5.74) is 3.86. The Morgan fingerprint density at radius 2 is 1.83 bits per heavy atom. The van der Waals surface area contributed by atoms with E-state index in [4.69, 9.17) is 27.9 Å². The minimum Gasteiger partial charge on any atom is -0.482 e. The van der Waals surface area contributed by atoms with Crippen molar-refractivity contribution >= 4 is 46.4 Å². The molecule has 0 saturated carbocycles. The van der Waals surface area contributed by atoms with Crippen LogP contribution in [0.15, 0.2) is 60.7 Å². The van der Waals surface area contributed by atoms with Gasteiger partial charge in [0.2, 0.25) is 0 Å². The molecule has 0 fully saturated rings. The van der Waals surface area contributed by atoms with Crippen molar-refractivity contribution in [2.45, 2.75) is 13.5 Å². The zero-order chi connectivity index (χ0) is 21.3. The number of carbonyl (C=O) groups excluding carboxylic acids is 2. The first-order valence-corrected chi connectivity index (χ1v) is 10.1. The van der Waals surface area contributed by atoms with Crippen LogP contribution in [0.4, 0.5) is 11.4 Å². The highest BCUT2D eigenvalue weighted by molar-refractivity contribution is 6.35. The Hall–Kier alpha value is -3.02. The first-order chi connectivity index (χ1) is 14.4. The number of aryl methyl sites for hydroxylation is 1. The van der Waals surface area contributed by atoms with E-state index in [1.54, 1.807) is 41.3 Å². The molecule has 0 aliphatic carbocycles. The Labute approximate surface area is 184 Å². The van der Waals surface area contributed by atoms with Gasteiger partial charge in [-0.3, -0.25) is 9.59 Å². The van der Waals surface area contributed by atoms with Gasteiger partial charge in [0.25, 0.3) is 11.8 Å². The number of hydrogen-bond acceptors (Lipinski definition) is 3. The number of nitrogens with one attached hydrogen (secondary N) is 1. The lowest BCUT2D eigenvalue weighted by Gasteiger charge is -2.16. The summed E-state index contributed by atoms with van der Waals surface area (Å²) < 4.78 is 5.56. The standard InChI is InChI=1S/C23H18Cl2N2O3/c1-14-10-16(24)11-20(25)22(14)30-13-21(28)26-17-6-8-18(9-7-17)27-12-15-4-2-3-5-19(15)23(27)29/h2-11H,12-13H2,1H3,(H,26,28). The number of benzene rings is 3. The van der Waals surface area contributed by atoms with Gasteiger partial charge in [-0.05, 0) is 60.5 Å². The molecule has 0 spiro atoms. The van der Waals surface area contributed by atoms with E-state index in [9.17, 15) is 9.59 Å². The summed E-state index contributed by atoms with van der Waals surface area (Å²) >= 11 is 12.1. The van der Waals surface area contributed by atoms with Gasteiger partial charge in [0.1, 0.15) is 5.75 Å². The molecule has 0 radical (unpaired) electrons. The predicted octanol–water partition coefficient (Wildman–Crippen LogP) is 5.48. The Balaban J connectivity index is 1.37. The van der Waals surface area contributed by atoms with Crippen LogP contribution in [0, 0.1) is 6.92 Å². The third-order valence-corrected chi connectivity index (χ3v) is 5.32. The normalized spacial score (nSPS) is 12.6. The van der Waals surface area contributed by atoms with Gasteiger partial charge in [-0.1, -0.05) is 41.4 Å². The average molecular weight is 441 g/mol. The van der Waals surface area contributed by atoms with E-state index >= 15 is 0 Å². The van der Waals surface area contributed by atoms with E-state index in [-0.39, 0.29) is 18.4 Å². The van der Waals surface area contributed by atoms with Gasteiger partial charge in [0.05, 0.1) is 11.6 Å². The van der Waals surface area contributed by atoms with Crippen LogP contribution in [-0.2, 0) is 11.3 Å². The monoisotopic (exact) mass is 440 g/mol. The Kier molecular flexibility index (Phi) is 5.66. The fourth-order valence-electron chi connectivity index (χ4n) is 3.39. The molecule has 2 amide bonds. The van der Waals surface area contributed by atoms with Crippen LogP contribution in [0.3, 0.4) is 0 Å². The van der Waals surface area contributed by atoms with Crippen LogP contribution >= 0.6 is 23.2 Å². The molecule has 3 aromatic rings. The highest BCUT2D eigenvalue weighted by Crippen LogP contribution is 2.32. The molecule has 0 unspecified atom stereocenters. The van der Waals surface area contributed by atoms with E-state index in [2.05, 4.69) is 5.32 Å². The van der Waals surface area contributed by atoms with Gasteiger partial charge >= 0.3 is 0 Å². The number of carbonyl (C=O) groups is 2. The summed E-state index contributed by atoms with van der Waals surface area (Å²) in [7, 11) is 0. The zero-order valence-corrected chi connectivity index (χ0v) is 17.6.